The van der Waals surface area contributed by atoms with E-state index >= 15 is 0 Å². The topological polar surface area (TPSA) is 83.5 Å². The van der Waals surface area contributed by atoms with Crippen LogP contribution in [0.2, 0.25) is 0 Å². The molecule has 2 N–H and O–H groups in total. The maximum absolute atomic E-state index is 11.9. The second-order valence-electron chi connectivity index (χ2n) is 4.24. The Morgan fingerprint density at radius 3 is 2.42 bits per heavy atom. The molecule has 106 valence electrons. The van der Waals surface area contributed by atoms with Gasteiger partial charge in [-0.2, -0.15) is 11.8 Å². The second-order valence-corrected chi connectivity index (χ2v) is 6.90. The van der Waals surface area contributed by atoms with Crippen LogP contribution in [0, 0.1) is 0 Å². The van der Waals surface area contributed by atoms with Gasteiger partial charge in [0.1, 0.15) is 0 Å². The summed E-state index contributed by atoms with van der Waals surface area (Å²) in [5.41, 5.74) is 0.707. The highest BCUT2D eigenvalue weighted by molar-refractivity contribution is 7.98. The van der Waals surface area contributed by atoms with Gasteiger partial charge in [0.05, 0.1) is 11.3 Å². The molecule has 0 radical (unpaired) electrons. The number of nitrogens with one attached hydrogen (secondary N) is 1. The minimum atomic E-state index is -3.40. The van der Waals surface area contributed by atoms with Crippen LogP contribution >= 0.6 is 11.8 Å². The van der Waals surface area contributed by atoms with Crippen LogP contribution in [0.4, 0.5) is 0 Å². The minimum Gasteiger partial charge on any atom is -0.478 e. The lowest BCUT2D eigenvalue weighted by molar-refractivity contribution is 0.0697. The fourth-order valence-corrected chi connectivity index (χ4v) is 3.70. The molecule has 0 saturated carbocycles. The van der Waals surface area contributed by atoms with E-state index in [0.29, 0.717) is 11.3 Å². The van der Waals surface area contributed by atoms with E-state index in [4.69, 9.17) is 5.11 Å². The SMILES string of the molecule is CSCC(C)NS(=O)(=O)Cc1ccc(C(=O)O)cc1. The van der Waals surface area contributed by atoms with Gasteiger partial charge in [0.15, 0.2) is 0 Å². The van der Waals surface area contributed by atoms with Gasteiger partial charge < -0.3 is 5.11 Å². The van der Waals surface area contributed by atoms with Gasteiger partial charge in [0.25, 0.3) is 0 Å². The Labute approximate surface area is 117 Å². The van der Waals surface area contributed by atoms with Crippen molar-refractivity contribution in [2.45, 2.75) is 18.7 Å². The van der Waals surface area contributed by atoms with Crippen molar-refractivity contribution in [2.75, 3.05) is 12.0 Å². The van der Waals surface area contributed by atoms with Crippen molar-refractivity contribution in [3.8, 4) is 0 Å². The van der Waals surface area contributed by atoms with Crippen LogP contribution < -0.4 is 4.72 Å². The van der Waals surface area contributed by atoms with Crippen molar-refractivity contribution in [3.05, 3.63) is 35.4 Å². The molecule has 0 aliphatic rings. The van der Waals surface area contributed by atoms with Crippen LogP contribution in [-0.4, -0.2) is 37.5 Å². The van der Waals surface area contributed by atoms with E-state index in [9.17, 15) is 13.2 Å². The quantitative estimate of drug-likeness (QED) is 0.798. The van der Waals surface area contributed by atoms with Gasteiger partial charge in [-0.3, -0.25) is 0 Å². The Morgan fingerprint density at radius 1 is 1.37 bits per heavy atom. The molecule has 0 aromatic heterocycles. The number of rotatable bonds is 7. The zero-order valence-electron chi connectivity index (χ0n) is 10.8. The molecule has 1 aromatic rings. The minimum absolute atomic E-state index is 0.127. The van der Waals surface area contributed by atoms with Crippen molar-refractivity contribution in [3.63, 3.8) is 0 Å². The fraction of sp³-hybridized carbons (Fsp3) is 0.417. The molecule has 0 spiro atoms. The lowest BCUT2D eigenvalue weighted by Crippen LogP contribution is -2.35. The molecule has 0 amide bonds. The number of thioether (sulfide) groups is 1. The number of carbonyl (C=O) groups is 1. The maximum Gasteiger partial charge on any atom is 0.335 e. The van der Waals surface area contributed by atoms with Gasteiger partial charge in [0, 0.05) is 11.8 Å². The third kappa shape index (κ3) is 5.63. The van der Waals surface area contributed by atoms with Gasteiger partial charge in [0.2, 0.25) is 10.0 Å². The lowest BCUT2D eigenvalue weighted by Gasteiger charge is -2.13. The van der Waals surface area contributed by atoms with Crippen molar-refractivity contribution < 1.29 is 18.3 Å². The highest BCUT2D eigenvalue weighted by Gasteiger charge is 2.15. The summed E-state index contributed by atoms with van der Waals surface area (Å²) in [7, 11) is -3.40. The highest BCUT2D eigenvalue weighted by atomic mass is 32.2. The standard InChI is InChI=1S/C12H17NO4S2/c1-9(7-18-2)13-19(16,17)8-10-3-5-11(6-4-10)12(14)15/h3-6,9,13H,7-8H2,1-2H3,(H,14,15). The molecular weight excluding hydrogens is 286 g/mol. The average Bonchev–Trinajstić information content (AvgIpc) is 2.28. The normalized spacial score (nSPS) is 13.2. The van der Waals surface area contributed by atoms with Crippen molar-refractivity contribution in [2.24, 2.45) is 0 Å². The van der Waals surface area contributed by atoms with Crippen LogP contribution in [0.15, 0.2) is 24.3 Å². The monoisotopic (exact) mass is 303 g/mol. The molecule has 0 bridgehead atoms. The summed E-state index contributed by atoms with van der Waals surface area (Å²) in [5.74, 6) is -0.468. The first kappa shape index (κ1) is 16.0. The van der Waals surface area contributed by atoms with Crippen molar-refractivity contribution >= 4 is 27.8 Å². The molecule has 5 nitrogen and oxygen atoms in total. The second kappa shape index (κ2) is 6.93. The zero-order valence-corrected chi connectivity index (χ0v) is 12.4. The van der Waals surface area contributed by atoms with Crippen molar-refractivity contribution in [1.29, 1.82) is 0 Å². The van der Waals surface area contributed by atoms with Crippen LogP contribution in [0.1, 0.15) is 22.8 Å². The summed E-state index contributed by atoms with van der Waals surface area (Å²) in [4.78, 5) is 10.7. The molecule has 19 heavy (non-hydrogen) atoms. The molecule has 1 unspecified atom stereocenters. The summed E-state index contributed by atoms with van der Waals surface area (Å²) in [6, 6.07) is 5.71. The molecule has 1 aromatic carbocycles. The highest BCUT2D eigenvalue weighted by Crippen LogP contribution is 2.09. The molecule has 1 rings (SSSR count). The van der Waals surface area contributed by atoms with Gasteiger partial charge >= 0.3 is 5.97 Å². The predicted octanol–water partition coefficient (Wildman–Crippen LogP) is 1.56. The summed E-state index contributed by atoms with van der Waals surface area (Å²) in [6.07, 6.45) is 1.91. The van der Waals surface area contributed by atoms with E-state index in [0.717, 1.165) is 0 Å². The molecule has 0 aliphatic carbocycles. The smallest absolute Gasteiger partial charge is 0.335 e. The van der Waals surface area contributed by atoms with Gasteiger partial charge in [-0.15, -0.1) is 0 Å². The Morgan fingerprint density at radius 2 is 1.95 bits per heavy atom. The predicted molar refractivity (Wildman–Crippen MR) is 77.0 cm³/mol. The Hall–Kier alpha value is -1.05. The third-order valence-electron chi connectivity index (χ3n) is 2.35. The lowest BCUT2D eigenvalue weighted by atomic mass is 10.1. The number of benzene rings is 1. The van der Waals surface area contributed by atoms with Gasteiger partial charge in [-0.1, -0.05) is 12.1 Å². The Balaban J connectivity index is 2.70. The molecule has 7 heteroatoms. The Bertz CT molecular complexity index is 525. The van der Waals surface area contributed by atoms with E-state index in [1.165, 1.54) is 24.3 Å². The number of carboxylic acid groups (broad SMARTS) is 1. The fourth-order valence-electron chi connectivity index (χ4n) is 1.60. The number of aromatic carboxylic acids is 1. The first-order valence-electron chi connectivity index (χ1n) is 5.65. The number of carboxylic acids is 1. The summed E-state index contributed by atoms with van der Waals surface area (Å²) in [6.45, 7) is 1.81. The van der Waals surface area contributed by atoms with Crippen LogP contribution in [0.5, 0.6) is 0 Å². The third-order valence-corrected chi connectivity index (χ3v) is 4.66. The molecule has 0 saturated heterocycles. The molecule has 0 aliphatic heterocycles. The first-order chi connectivity index (χ1) is 8.84. The summed E-state index contributed by atoms with van der Waals surface area (Å²) >= 11 is 1.57. The van der Waals surface area contributed by atoms with E-state index in [1.807, 2.05) is 13.2 Å². The summed E-state index contributed by atoms with van der Waals surface area (Å²) in [5, 5.41) is 8.75. The van der Waals surface area contributed by atoms with Crippen LogP contribution in [0.3, 0.4) is 0 Å². The van der Waals surface area contributed by atoms with E-state index in [-0.39, 0.29) is 17.4 Å². The van der Waals surface area contributed by atoms with Crippen LogP contribution in [0.25, 0.3) is 0 Å². The number of hydrogen-bond acceptors (Lipinski definition) is 4. The number of hydrogen-bond donors (Lipinski definition) is 2. The van der Waals surface area contributed by atoms with Gasteiger partial charge in [-0.05, 0) is 30.9 Å². The van der Waals surface area contributed by atoms with E-state index in [1.54, 1.807) is 11.8 Å². The maximum atomic E-state index is 11.9. The van der Waals surface area contributed by atoms with E-state index in [2.05, 4.69) is 4.72 Å². The number of sulfonamides is 1. The van der Waals surface area contributed by atoms with Crippen LogP contribution in [-0.2, 0) is 15.8 Å². The Kier molecular flexibility index (Phi) is 5.84. The molecule has 0 heterocycles. The molecular formula is C12H17NO4S2. The largest absolute Gasteiger partial charge is 0.478 e. The van der Waals surface area contributed by atoms with Crippen molar-refractivity contribution in [1.82, 2.24) is 4.72 Å². The summed E-state index contributed by atoms with van der Waals surface area (Å²) < 4.78 is 26.3. The van der Waals surface area contributed by atoms with E-state index < -0.39 is 16.0 Å². The average molecular weight is 303 g/mol. The van der Waals surface area contributed by atoms with Gasteiger partial charge in [-0.25, -0.2) is 17.9 Å². The zero-order chi connectivity index (χ0) is 14.5. The molecule has 0 fully saturated rings. The molecule has 1 atom stereocenters. The first-order valence-corrected chi connectivity index (χ1v) is 8.70.